The van der Waals surface area contributed by atoms with Gasteiger partial charge in [0.2, 0.25) is 0 Å². The highest BCUT2D eigenvalue weighted by atomic mass is 16.8. The Hall–Kier alpha value is -0.560. The Balaban J connectivity index is 1.27. The van der Waals surface area contributed by atoms with Gasteiger partial charge in [-0.2, -0.15) is 0 Å². The number of ether oxygens (including phenoxy) is 5. The molecular formula is C43H74O14. The van der Waals surface area contributed by atoms with Crippen LogP contribution in [-0.4, -0.2) is 150 Å². The van der Waals surface area contributed by atoms with Crippen LogP contribution in [0.15, 0.2) is 0 Å². The van der Waals surface area contributed by atoms with E-state index < -0.39 is 125 Å². The van der Waals surface area contributed by atoms with Crippen molar-refractivity contribution in [3.8, 4) is 0 Å². The second kappa shape index (κ2) is 14.5. The van der Waals surface area contributed by atoms with Gasteiger partial charge < -0.3 is 69.6 Å². The van der Waals surface area contributed by atoms with E-state index in [1.165, 1.54) is 6.92 Å². The predicted molar refractivity (Wildman–Crippen MR) is 205 cm³/mol. The zero-order chi connectivity index (χ0) is 42.2. The molecule has 9 N–H and O–H groups in total. The molecule has 57 heavy (non-hydrogen) atoms. The quantitative estimate of drug-likeness (QED) is 0.167. The number of hydrogen-bond donors (Lipinski definition) is 9. The lowest BCUT2D eigenvalue weighted by Crippen LogP contribution is -2.71. The smallest absolute Gasteiger partial charge is 0.187 e. The van der Waals surface area contributed by atoms with Gasteiger partial charge in [-0.05, 0) is 118 Å². The van der Waals surface area contributed by atoms with Crippen LogP contribution in [0.3, 0.4) is 0 Å². The first-order valence-corrected chi connectivity index (χ1v) is 21.6. The summed E-state index contributed by atoms with van der Waals surface area (Å²) in [4.78, 5) is 0. The van der Waals surface area contributed by atoms with Gasteiger partial charge >= 0.3 is 0 Å². The van der Waals surface area contributed by atoms with Crippen molar-refractivity contribution in [2.75, 3.05) is 6.61 Å². The first-order chi connectivity index (χ1) is 26.2. The molecule has 4 saturated carbocycles. The Morgan fingerprint density at radius 1 is 0.684 bits per heavy atom. The average molecular weight is 815 g/mol. The summed E-state index contributed by atoms with van der Waals surface area (Å²) >= 11 is 0. The molecule has 0 bridgehead atoms. The van der Waals surface area contributed by atoms with Crippen molar-refractivity contribution >= 4 is 0 Å². The predicted octanol–water partition coefficient (Wildman–Crippen LogP) is 1.75. The molecule has 0 aromatic carbocycles. The largest absolute Gasteiger partial charge is 0.394 e. The molecule has 0 amide bonds. The minimum Gasteiger partial charge on any atom is -0.394 e. The molecule has 3 heterocycles. The van der Waals surface area contributed by atoms with Crippen molar-refractivity contribution in [3.63, 3.8) is 0 Å². The van der Waals surface area contributed by atoms with Crippen molar-refractivity contribution < 1.29 is 69.6 Å². The van der Waals surface area contributed by atoms with E-state index in [2.05, 4.69) is 48.5 Å². The standard InChI is InChI=1S/C43H74O14/c1-20-27(47)29(49)31(51)35(53-20)56-32-30(50)28(48)23(19-44)55-36(32)54-22-18-42(9)24(39(6)13-11-25(46)37(2,3)34(22)39)17-21(45)33-40(42,7)15-16-41(33,8)43(10)14-12-26(57-43)38(4,5)52/h20-36,44-52H,11-19H2,1-10H3/t20-,21+,22-,23+,24+,25-,26+,27-,28+,29+,30-,31+,32-,33-,34-,35-,36+,39+,40+,41-,42+,43-/m0/s1. The third kappa shape index (κ3) is 6.47. The zero-order valence-corrected chi connectivity index (χ0v) is 35.7. The second-order valence-corrected chi connectivity index (χ2v) is 21.8. The zero-order valence-electron chi connectivity index (χ0n) is 35.7. The Morgan fingerprint density at radius 3 is 1.95 bits per heavy atom. The van der Waals surface area contributed by atoms with Crippen LogP contribution in [0.1, 0.15) is 121 Å². The molecule has 3 saturated heterocycles. The normalized spacial score (nSPS) is 57.8. The van der Waals surface area contributed by atoms with Crippen molar-refractivity contribution in [1.29, 1.82) is 0 Å². The molecule has 7 fully saturated rings. The van der Waals surface area contributed by atoms with Crippen molar-refractivity contribution in [1.82, 2.24) is 0 Å². The lowest BCUT2D eigenvalue weighted by atomic mass is 9.34. The number of aliphatic hydroxyl groups excluding tert-OH is 8. The SMILES string of the molecule is C[C@@H]1O[C@@H](O[C@@H]2[C@H](O[C@H]3C[C@]4(C)[C@H](C[C@@H](O)[C@@H]5[C@@](C)([C@]6(C)CC[C@H](C(C)(C)O)O6)CC[C@]54C)[C@@]4(C)CC[C@H](O)C(C)(C)[C@H]34)O[C@H](CO)[C@@H](O)[C@@H]2O)[C@H](O)[C@H](O)[C@H]1O. The van der Waals surface area contributed by atoms with E-state index in [0.717, 1.165) is 25.7 Å². The molecule has 3 aliphatic heterocycles. The topological polar surface area (TPSA) is 228 Å². The third-order valence-electron chi connectivity index (χ3n) is 18.1. The number of rotatable bonds is 7. The van der Waals surface area contributed by atoms with E-state index in [4.69, 9.17) is 23.7 Å². The highest BCUT2D eigenvalue weighted by Gasteiger charge is 2.76. The maximum Gasteiger partial charge on any atom is 0.187 e. The minimum absolute atomic E-state index is 0.0405. The molecule has 0 aromatic rings. The summed E-state index contributed by atoms with van der Waals surface area (Å²) in [7, 11) is 0. The molecule has 0 aromatic heterocycles. The summed E-state index contributed by atoms with van der Waals surface area (Å²) in [6, 6.07) is 0. The highest BCUT2D eigenvalue weighted by Crippen LogP contribution is 2.78. The molecule has 0 spiro atoms. The average Bonchev–Trinajstić information content (AvgIpc) is 3.69. The van der Waals surface area contributed by atoms with Crippen LogP contribution in [0.2, 0.25) is 0 Å². The van der Waals surface area contributed by atoms with Gasteiger partial charge in [0.25, 0.3) is 0 Å². The lowest BCUT2D eigenvalue weighted by molar-refractivity contribution is -0.382. The van der Waals surface area contributed by atoms with Gasteiger partial charge in [-0.15, -0.1) is 0 Å². The monoisotopic (exact) mass is 815 g/mol. The van der Waals surface area contributed by atoms with Crippen LogP contribution in [-0.2, 0) is 23.7 Å². The molecule has 4 aliphatic carbocycles. The maximum atomic E-state index is 12.6. The summed E-state index contributed by atoms with van der Waals surface area (Å²) in [5.74, 6) is -0.380. The lowest BCUT2D eigenvalue weighted by Gasteiger charge is -2.72. The van der Waals surface area contributed by atoms with Gasteiger partial charge in [-0.3, -0.25) is 0 Å². The van der Waals surface area contributed by atoms with Gasteiger partial charge in [0, 0.05) is 5.41 Å². The van der Waals surface area contributed by atoms with Crippen LogP contribution >= 0.6 is 0 Å². The van der Waals surface area contributed by atoms with Gasteiger partial charge in [-0.1, -0.05) is 41.5 Å². The summed E-state index contributed by atoms with van der Waals surface area (Å²) < 4.78 is 32.1. The molecule has 14 heteroatoms. The Bertz CT molecular complexity index is 1480. The number of hydrogen-bond acceptors (Lipinski definition) is 14. The molecule has 22 atom stereocenters. The molecule has 330 valence electrons. The Kier molecular flexibility index (Phi) is 11.3. The summed E-state index contributed by atoms with van der Waals surface area (Å²) in [6.45, 7) is 19.9. The van der Waals surface area contributed by atoms with Crippen LogP contribution in [0.25, 0.3) is 0 Å². The van der Waals surface area contributed by atoms with E-state index >= 15 is 0 Å². The number of aliphatic hydroxyl groups is 9. The molecule has 7 aliphatic rings. The highest BCUT2D eigenvalue weighted by molar-refractivity contribution is 5.24. The molecular weight excluding hydrogens is 740 g/mol. The van der Waals surface area contributed by atoms with Crippen molar-refractivity contribution in [2.24, 2.45) is 44.8 Å². The molecule has 0 radical (unpaired) electrons. The molecule has 0 unspecified atom stereocenters. The van der Waals surface area contributed by atoms with Crippen LogP contribution < -0.4 is 0 Å². The first kappa shape index (κ1) is 44.5. The van der Waals surface area contributed by atoms with E-state index in [1.54, 1.807) is 13.8 Å². The Labute approximate surface area is 338 Å². The fourth-order valence-corrected chi connectivity index (χ4v) is 14.5. The fourth-order valence-electron chi connectivity index (χ4n) is 14.5. The van der Waals surface area contributed by atoms with Gasteiger partial charge in [0.15, 0.2) is 12.6 Å². The maximum absolute atomic E-state index is 12.6. The summed E-state index contributed by atoms with van der Waals surface area (Å²) in [5.41, 5.74) is -3.93. The third-order valence-corrected chi connectivity index (χ3v) is 18.1. The molecule has 7 rings (SSSR count). The van der Waals surface area contributed by atoms with E-state index in [9.17, 15) is 46.0 Å². The minimum atomic E-state index is -1.70. The van der Waals surface area contributed by atoms with Crippen LogP contribution in [0, 0.1) is 44.8 Å². The second-order valence-electron chi connectivity index (χ2n) is 21.8. The van der Waals surface area contributed by atoms with Gasteiger partial charge in [0.1, 0.15) is 42.7 Å². The van der Waals surface area contributed by atoms with Crippen LogP contribution in [0.4, 0.5) is 0 Å². The van der Waals surface area contributed by atoms with Gasteiger partial charge in [0.05, 0.1) is 48.3 Å². The van der Waals surface area contributed by atoms with E-state index in [0.29, 0.717) is 25.7 Å². The van der Waals surface area contributed by atoms with E-state index in [-0.39, 0.29) is 23.9 Å². The Morgan fingerprint density at radius 2 is 1.33 bits per heavy atom. The van der Waals surface area contributed by atoms with Crippen molar-refractivity contribution in [2.45, 2.75) is 218 Å². The van der Waals surface area contributed by atoms with Gasteiger partial charge in [-0.25, -0.2) is 0 Å². The number of fused-ring (bicyclic) bond motifs is 5. The van der Waals surface area contributed by atoms with Crippen molar-refractivity contribution in [3.05, 3.63) is 0 Å². The summed E-state index contributed by atoms with van der Waals surface area (Å²) in [5, 5.41) is 99.9. The fraction of sp³-hybridized carbons (Fsp3) is 1.00. The summed E-state index contributed by atoms with van der Waals surface area (Å²) in [6.07, 6.45) is -11.2. The first-order valence-electron chi connectivity index (χ1n) is 21.6. The molecule has 14 nitrogen and oxygen atoms in total. The van der Waals surface area contributed by atoms with Crippen LogP contribution in [0.5, 0.6) is 0 Å². The van der Waals surface area contributed by atoms with E-state index in [1.807, 2.05) is 0 Å².